The van der Waals surface area contributed by atoms with Gasteiger partial charge in [-0.15, -0.1) is 0 Å². The van der Waals surface area contributed by atoms with Gasteiger partial charge in [-0.05, 0) is 6.07 Å². The van der Waals surface area contributed by atoms with Crippen LogP contribution in [0.2, 0.25) is 0 Å². The number of halogens is 1. The first-order valence-electron chi connectivity index (χ1n) is 7.76. The SMILES string of the molecule is CN=C(NCCS(=O)(=O)N1CCOCC1)NCc1ccccc1F. The van der Waals surface area contributed by atoms with Gasteiger partial charge in [0.05, 0.1) is 19.0 Å². The van der Waals surface area contributed by atoms with Crippen LogP contribution >= 0.6 is 0 Å². The van der Waals surface area contributed by atoms with Crippen LogP contribution in [0.25, 0.3) is 0 Å². The van der Waals surface area contributed by atoms with E-state index in [0.29, 0.717) is 37.8 Å². The predicted molar refractivity (Wildman–Crippen MR) is 90.8 cm³/mol. The van der Waals surface area contributed by atoms with Crippen LogP contribution in [0.5, 0.6) is 0 Å². The zero-order chi connectivity index (χ0) is 17.4. The van der Waals surface area contributed by atoms with Gasteiger partial charge in [0.1, 0.15) is 5.82 Å². The molecule has 1 aromatic rings. The molecule has 1 fully saturated rings. The fourth-order valence-electron chi connectivity index (χ4n) is 2.29. The van der Waals surface area contributed by atoms with Gasteiger partial charge in [0.15, 0.2) is 5.96 Å². The molecule has 0 bridgehead atoms. The smallest absolute Gasteiger partial charge is 0.215 e. The Kier molecular flexibility index (Phi) is 6.95. The fourth-order valence-corrected chi connectivity index (χ4v) is 3.62. The number of guanidine groups is 1. The van der Waals surface area contributed by atoms with Crippen LogP contribution in [-0.2, 0) is 21.3 Å². The molecular formula is C15H23FN4O3S. The third-order valence-electron chi connectivity index (χ3n) is 3.64. The van der Waals surface area contributed by atoms with E-state index in [9.17, 15) is 12.8 Å². The van der Waals surface area contributed by atoms with Crippen molar-refractivity contribution in [2.75, 3.05) is 45.6 Å². The first kappa shape index (κ1) is 18.6. The zero-order valence-electron chi connectivity index (χ0n) is 13.7. The van der Waals surface area contributed by atoms with E-state index in [1.54, 1.807) is 25.2 Å². The molecule has 0 atom stereocenters. The molecule has 2 N–H and O–H groups in total. The Morgan fingerprint density at radius 2 is 2.00 bits per heavy atom. The quantitative estimate of drug-likeness (QED) is 0.559. The first-order valence-corrected chi connectivity index (χ1v) is 9.37. The molecule has 0 radical (unpaired) electrons. The molecule has 7 nitrogen and oxygen atoms in total. The van der Waals surface area contributed by atoms with E-state index < -0.39 is 10.0 Å². The topological polar surface area (TPSA) is 83.0 Å². The van der Waals surface area contributed by atoms with Crippen molar-refractivity contribution in [3.8, 4) is 0 Å². The summed E-state index contributed by atoms with van der Waals surface area (Å²) in [6.45, 7) is 2.13. The molecule has 1 heterocycles. The maximum Gasteiger partial charge on any atom is 0.215 e. The Hall–Kier alpha value is -1.71. The summed E-state index contributed by atoms with van der Waals surface area (Å²) < 4.78 is 44.6. The van der Waals surface area contributed by atoms with Gasteiger partial charge in [0, 0.05) is 38.8 Å². The van der Waals surface area contributed by atoms with Gasteiger partial charge in [0.2, 0.25) is 10.0 Å². The third kappa shape index (κ3) is 5.43. The zero-order valence-corrected chi connectivity index (χ0v) is 14.5. The van der Waals surface area contributed by atoms with Gasteiger partial charge in [-0.2, -0.15) is 4.31 Å². The monoisotopic (exact) mass is 358 g/mol. The molecule has 0 spiro atoms. The summed E-state index contributed by atoms with van der Waals surface area (Å²) in [5.74, 6) is 0.0960. The second kappa shape index (κ2) is 8.95. The molecule has 0 saturated carbocycles. The molecule has 24 heavy (non-hydrogen) atoms. The first-order chi connectivity index (χ1) is 11.5. The highest BCUT2D eigenvalue weighted by molar-refractivity contribution is 7.89. The van der Waals surface area contributed by atoms with Crippen molar-refractivity contribution in [2.45, 2.75) is 6.54 Å². The lowest BCUT2D eigenvalue weighted by Crippen LogP contribution is -2.45. The highest BCUT2D eigenvalue weighted by atomic mass is 32.2. The maximum absolute atomic E-state index is 13.6. The van der Waals surface area contributed by atoms with Crippen molar-refractivity contribution < 1.29 is 17.5 Å². The summed E-state index contributed by atoms with van der Waals surface area (Å²) in [4.78, 5) is 4.01. The van der Waals surface area contributed by atoms with Gasteiger partial charge in [-0.1, -0.05) is 18.2 Å². The van der Waals surface area contributed by atoms with Crippen molar-refractivity contribution in [3.05, 3.63) is 35.6 Å². The lowest BCUT2D eigenvalue weighted by molar-refractivity contribution is 0.0730. The average molecular weight is 358 g/mol. The number of sulfonamides is 1. The summed E-state index contributed by atoms with van der Waals surface area (Å²) in [5, 5.41) is 5.90. The van der Waals surface area contributed by atoms with E-state index in [2.05, 4.69) is 15.6 Å². The Morgan fingerprint density at radius 1 is 1.29 bits per heavy atom. The molecule has 134 valence electrons. The summed E-state index contributed by atoms with van der Waals surface area (Å²) in [5.41, 5.74) is 0.515. The van der Waals surface area contributed by atoms with E-state index >= 15 is 0 Å². The number of hydrogen-bond acceptors (Lipinski definition) is 4. The minimum Gasteiger partial charge on any atom is -0.379 e. The van der Waals surface area contributed by atoms with Gasteiger partial charge in [0.25, 0.3) is 0 Å². The van der Waals surface area contributed by atoms with Crippen LogP contribution in [0, 0.1) is 5.82 Å². The van der Waals surface area contributed by atoms with E-state index in [1.165, 1.54) is 10.4 Å². The summed E-state index contributed by atoms with van der Waals surface area (Å²) in [6, 6.07) is 6.45. The summed E-state index contributed by atoms with van der Waals surface area (Å²) in [7, 11) is -1.74. The molecular weight excluding hydrogens is 335 g/mol. The highest BCUT2D eigenvalue weighted by Crippen LogP contribution is 2.06. The molecule has 0 unspecified atom stereocenters. The van der Waals surface area contributed by atoms with Gasteiger partial charge in [-0.25, -0.2) is 12.8 Å². The number of benzene rings is 1. The Bertz CT molecular complexity index is 660. The molecule has 0 aliphatic carbocycles. The normalized spacial score (nSPS) is 16.8. The van der Waals surface area contributed by atoms with Crippen LogP contribution in [0.3, 0.4) is 0 Å². The summed E-state index contributed by atoms with van der Waals surface area (Å²) >= 11 is 0. The molecule has 1 saturated heterocycles. The van der Waals surface area contributed by atoms with Crippen molar-refractivity contribution in [1.29, 1.82) is 0 Å². The van der Waals surface area contributed by atoms with Crippen LogP contribution in [0.4, 0.5) is 4.39 Å². The number of nitrogens with zero attached hydrogens (tertiary/aromatic N) is 2. The van der Waals surface area contributed by atoms with Gasteiger partial charge >= 0.3 is 0 Å². The van der Waals surface area contributed by atoms with Crippen molar-refractivity contribution in [2.24, 2.45) is 4.99 Å². The standard InChI is InChI=1S/C15H23FN4O3S/c1-17-15(19-12-13-4-2-3-5-14(13)16)18-6-11-24(21,22)20-7-9-23-10-8-20/h2-5H,6-12H2,1H3,(H2,17,18,19). The fraction of sp³-hybridized carbons (Fsp3) is 0.533. The molecule has 0 aromatic heterocycles. The number of ether oxygens (including phenoxy) is 1. The Balaban J connectivity index is 1.78. The van der Waals surface area contributed by atoms with E-state index in [0.717, 1.165) is 0 Å². The number of rotatable bonds is 6. The second-order valence-electron chi connectivity index (χ2n) is 5.27. The molecule has 1 aromatic carbocycles. The average Bonchev–Trinajstić information content (AvgIpc) is 2.60. The molecule has 2 rings (SSSR count). The Morgan fingerprint density at radius 3 is 2.67 bits per heavy atom. The third-order valence-corrected chi connectivity index (χ3v) is 5.52. The van der Waals surface area contributed by atoms with Crippen LogP contribution in [0.1, 0.15) is 5.56 Å². The van der Waals surface area contributed by atoms with E-state index in [4.69, 9.17) is 4.74 Å². The summed E-state index contributed by atoms with van der Waals surface area (Å²) in [6.07, 6.45) is 0. The number of hydrogen-bond donors (Lipinski definition) is 2. The van der Waals surface area contributed by atoms with Crippen LogP contribution < -0.4 is 10.6 Å². The van der Waals surface area contributed by atoms with E-state index in [1.807, 2.05) is 0 Å². The maximum atomic E-state index is 13.6. The highest BCUT2D eigenvalue weighted by Gasteiger charge is 2.23. The van der Waals surface area contributed by atoms with Crippen molar-refractivity contribution >= 4 is 16.0 Å². The van der Waals surface area contributed by atoms with Crippen LogP contribution in [-0.4, -0.2) is 64.3 Å². The molecule has 0 amide bonds. The minimum atomic E-state index is -3.31. The van der Waals surface area contributed by atoms with Crippen molar-refractivity contribution in [1.82, 2.24) is 14.9 Å². The van der Waals surface area contributed by atoms with E-state index in [-0.39, 0.29) is 24.7 Å². The number of nitrogens with one attached hydrogen (secondary N) is 2. The Labute approximate surface area is 142 Å². The minimum absolute atomic E-state index is 0.0343. The van der Waals surface area contributed by atoms with Crippen molar-refractivity contribution in [3.63, 3.8) is 0 Å². The predicted octanol–water partition coefficient (Wildman–Crippen LogP) is 0.153. The van der Waals surface area contributed by atoms with Gasteiger partial charge in [-0.3, -0.25) is 4.99 Å². The molecule has 9 heteroatoms. The van der Waals surface area contributed by atoms with Gasteiger partial charge < -0.3 is 15.4 Å². The lowest BCUT2D eigenvalue weighted by Gasteiger charge is -2.26. The molecule has 1 aliphatic heterocycles. The largest absolute Gasteiger partial charge is 0.379 e. The lowest BCUT2D eigenvalue weighted by atomic mass is 10.2. The molecule has 1 aliphatic rings. The van der Waals surface area contributed by atoms with Crippen LogP contribution in [0.15, 0.2) is 29.3 Å². The second-order valence-corrected chi connectivity index (χ2v) is 7.36. The number of morpholine rings is 1. The number of aliphatic imine (C=N–C) groups is 1.